The van der Waals surface area contributed by atoms with Crippen LogP contribution < -0.4 is 10.3 Å². The number of carbonyl (C=O) groups is 1. The van der Waals surface area contributed by atoms with Gasteiger partial charge in [-0.05, 0) is 99.7 Å². The van der Waals surface area contributed by atoms with Gasteiger partial charge in [0.05, 0.1) is 10.5 Å². The molecule has 5 aromatic rings. The second kappa shape index (κ2) is 11.6. The number of halogens is 1. The molecule has 0 radical (unpaired) electrons. The van der Waals surface area contributed by atoms with Crippen LogP contribution >= 0.6 is 0 Å². The number of fused-ring (bicyclic) bond motifs is 1. The lowest BCUT2D eigenvalue weighted by Crippen LogP contribution is -2.25. The molecule has 46 heavy (non-hydrogen) atoms. The molecule has 0 bridgehead atoms. The molecule has 0 atom stereocenters. The summed E-state index contributed by atoms with van der Waals surface area (Å²) >= 11 is 0. The molecule has 0 aliphatic rings. The van der Waals surface area contributed by atoms with Crippen LogP contribution in [0.2, 0.25) is 0 Å². The van der Waals surface area contributed by atoms with Crippen molar-refractivity contribution in [2.75, 3.05) is 0 Å². The van der Waals surface area contributed by atoms with Crippen molar-refractivity contribution in [3.05, 3.63) is 110 Å². The first-order chi connectivity index (χ1) is 21.5. The lowest BCUT2D eigenvalue weighted by molar-refractivity contribution is 0.0688. The zero-order chi connectivity index (χ0) is 33.9. The number of carboxylic acids is 1. The Balaban J connectivity index is 1.95. The molecule has 0 aliphatic heterocycles. The van der Waals surface area contributed by atoms with E-state index in [0.717, 1.165) is 5.56 Å². The summed E-state index contributed by atoms with van der Waals surface area (Å²) in [6.45, 7) is 10.1. The van der Waals surface area contributed by atoms with Gasteiger partial charge in [-0.15, -0.1) is 0 Å². The van der Waals surface area contributed by atoms with Crippen LogP contribution in [0, 0.1) is 26.6 Å². The molecular formula is C35H35FN2O7S. The minimum Gasteiger partial charge on any atom is -0.477 e. The van der Waals surface area contributed by atoms with E-state index in [9.17, 15) is 32.6 Å². The molecule has 2 aromatic heterocycles. The summed E-state index contributed by atoms with van der Waals surface area (Å²) in [6, 6.07) is 13.6. The molecule has 11 heteroatoms. The van der Waals surface area contributed by atoms with Gasteiger partial charge in [-0.1, -0.05) is 30.7 Å². The number of hydrogen-bond acceptors (Lipinski definition) is 6. The van der Waals surface area contributed by atoms with Gasteiger partial charge in [0.1, 0.15) is 28.5 Å². The highest BCUT2D eigenvalue weighted by Gasteiger charge is 2.34. The van der Waals surface area contributed by atoms with E-state index >= 15 is 0 Å². The summed E-state index contributed by atoms with van der Waals surface area (Å²) in [7, 11) is -3.13. The maximum Gasteiger partial charge on any atom is 0.353 e. The molecule has 0 fully saturated rings. The second-order valence-electron chi connectivity index (χ2n) is 12.0. The van der Waals surface area contributed by atoms with E-state index in [2.05, 4.69) is 0 Å². The summed E-state index contributed by atoms with van der Waals surface area (Å²) in [5.74, 6) is -1.29. The quantitative estimate of drug-likeness (QED) is 0.195. The molecule has 5 rings (SSSR count). The molecule has 3 aromatic carbocycles. The summed E-state index contributed by atoms with van der Waals surface area (Å²) in [6.07, 6.45) is 1.57. The third kappa shape index (κ3) is 5.50. The van der Waals surface area contributed by atoms with Crippen LogP contribution in [0.15, 0.2) is 70.5 Å². The molecule has 0 unspecified atom stereocenters. The standard InChI is InChI=1S/C35H35FN2O7S/c1-8-25-29-27(26-17-22(35(5,6)42)11-14-28(26)45-32-20(3)15-23(36)16-21(32)4)18-37(7)33(39)31(29)38(30(25)34(40)41)46(43,44)24-12-9-19(2)10-13-24/h9-18,42H,8H2,1-7H3,(H,40,41). The van der Waals surface area contributed by atoms with E-state index in [-0.39, 0.29) is 33.5 Å². The van der Waals surface area contributed by atoms with Gasteiger partial charge in [0.15, 0.2) is 0 Å². The summed E-state index contributed by atoms with van der Waals surface area (Å²) in [5.41, 5.74) is 0.236. The van der Waals surface area contributed by atoms with Crippen LogP contribution in [0.3, 0.4) is 0 Å². The van der Waals surface area contributed by atoms with Crippen LogP contribution in [0.4, 0.5) is 4.39 Å². The van der Waals surface area contributed by atoms with Gasteiger partial charge in [-0.3, -0.25) is 4.79 Å². The van der Waals surface area contributed by atoms with Crippen LogP contribution in [0.25, 0.3) is 22.0 Å². The van der Waals surface area contributed by atoms with Gasteiger partial charge < -0.3 is 19.5 Å². The van der Waals surface area contributed by atoms with Crippen molar-refractivity contribution in [1.82, 2.24) is 8.54 Å². The van der Waals surface area contributed by atoms with Crippen LogP contribution in [0.1, 0.15) is 59.1 Å². The highest BCUT2D eigenvalue weighted by molar-refractivity contribution is 7.90. The van der Waals surface area contributed by atoms with E-state index in [0.29, 0.717) is 37.5 Å². The van der Waals surface area contributed by atoms with Crippen molar-refractivity contribution in [3.8, 4) is 22.6 Å². The number of pyridine rings is 1. The number of nitrogens with zero attached hydrogens (tertiary/aromatic N) is 2. The minimum absolute atomic E-state index is 0.0757. The number of aliphatic hydroxyl groups is 1. The van der Waals surface area contributed by atoms with E-state index in [1.165, 1.54) is 42.1 Å². The average molecular weight is 647 g/mol. The van der Waals surface area contributed by atoms with Gasteiger partial charge in [-0.25, -0.2) is 21.6 Å². The molecule has 0 amide bonds. The van der Waals surface area contributed by atoms with E-state index < -0.39 is 38.7 Å². The molecule has 0 saturated heterocycles. The fraction of sp³-hybridized carbons (Fsp3) is 0.257. The molecule has 0 aliphatic carbocycles. The Hall–Kier alpha value is -4.74. The molecule has 0 spiro atoms. The van der Waals surface area contributed by atoms with Crippen molar-refractivity contribution in [2.45, 2.75) is 58.5 Å². The van der Waals surface area contributed by atoms with Gasteiger partial charge >= 0.3 is 5.97 Å². The number of aromatic carboxylic acids is 1. The van der Waals surface area contributed by atoms with Crippen LogP contribution in [-0.4, -0.2) is 33.1 Å². The van der Waals surface area contributed by atoms with Gasteiger partial charge in [-0.2, -0.15) is 0 Å². The monoisotopic (exact) mass is 646 g/mol. The van der Waals surface area contributed by atoms with E-state index in [4.69, 9.17) is 4.74 Å². The highest BCUT2D eigenvalue weighted by Crippen LogP contribution is 2.43. The third-order valence-corrected chi connectivity index (χ3v) is 9.79. The first kappa shape index (κ1) is 32.6. The second-order valence-corrected chi connectivity index (χ2v) is 13.8. The number of rotatable bonds is 8. The van der Waals surface area contributed by atoms with Crippen molar-refractivity contribution in [2.24, 2.45) is 7.05 Å². The van der Waals surface area contributed by atoms with Crippen molar-refractivity contribution in [1.29, 1.82) is 0 Å². The lowest BCUT2D eigenvalue weighted by atomic mass is 9.92. The molecule has 0 saturated carbocycles. The van der Waals surface area contributed by atoms with Crippen LogP contribution in [-0.2, 0) is 29.1 Å². The summed E-state index contributed by atoms with van der Waals surface area (Å²) in [4.78, 5) is 26.6. The Morgan fingerprint density at radius 3 is 2.13 bits per heavy atom. The van der Waals surface area contributed by atoms with Gasteiger partial charge in [0, 0.05) is 29.8 Å². The normalized spacial score (nSPS) is 12.1. The molecule has 240 valence electrons. The largest absolute Gasteiger partial charge is 0.477 e. The maximum atomic E-state index is 14.2. The summed E-state index contributed by atoms with van der Waals surface area (Å²) < 4.78 is 50.7. The first-order valence-electron chi connectivity index (χ1n) is 14.6. The Morgan fingerprint density at radius 2 is 1.59 bits per heavy atom. The Labute approximate surface area is 266 Å². The lowest BCUT2D eigenvalue weighted by Gasteiger charge is -2.22. The first-order valence-corrected chi connectivity index (χ1v) is 16.1. The summed E-state index contributed by atoms with van der Waals surface area (Å²) in [5, 5.41) is 21.5. The SMILES string of the molecule is CCc1c(C(=O)O)n(S(=O)(=O)c2ccc(C)cc2)c2c(=O)n(C)cc(-c3cc(C(C)(C)O)ccc3Oc3c(C)cc(F)cc3C)c12. The predicted octanol–water partition coefficient (Wildman–Crippen LogP) is 6.59. The smallest absolute Gasteiger partial charge is 0.353 e. The number of hydrogen-bond donors (Lipinski definition) is 2. The van der Waals surface area contributed by atoms with Crippen molar-refractivity contribution < 1.29 is 32.6 Å². The maximum absolute atomic E-state index is 14.2. The average Bonchev–Trinajstić information content (AvgIpc) is 3.33. The Kier molecular flexibility index (Phi) is 8.21. The zero-order valence-electron chi connectivity index (χ0n) is 26.6. The molecule has 9 nitrogen and oxygen atoms in total. The minimum atomic E-state index is -4.58. The van der Waals surface area contributed by atoms with Gasteiger partial charge in [0.25, 0.3) is 15.6 Å². The van der Waals surface area contributed by atoms with E-state index in [1.54, 1.807) is 71.9 Å². The fourth-order valence-electron chi connectivity index (χ4n) is 5.76. The predicted molar refractivity (Wildman–Crippen MR) is 174 cm³/mol. The topological polar surface area (TPSA) is 128 Å². The Morgan fingerprint density at radius 1 is 0.978 bits per heavy atom. The highest BCUT2D eigenvalue weighted by atomic mass is 32.2. The number of aryl methyl sites for hydroxylation is 5. The molecule has 2 heterocycles. The van der Waals surface area contributed by atoms with Crippen molar-refractivity contribution in [3.63, 3.8) is 0 Å². The zero-order valence-corrected chi connectivity index (χ0v) is 27.4. The fourth-order valence-corrected chi connectivity index (χ4v) is 7.29. The number of ether oxygens (including phenoxy) is 1. The number of aromatic nitrogens is 2. The van der Waals surface area contributed by atoms with E-state index in [1.807, 2.05) is 0 Å². The molecular weight excluding hydrogens is 611 g/mol. The third-order valence-electron chi connectivity index (χ3n) is 8.07. The van der Waals surface area contributed by atoms with Crippen molar-refractivity contribution >= 4 is 26.9 Å². The number of carboxylic acid groups (broad SMARTS) is 1. The van der Waals surface area contributed by atoms with Crippen LogP contribution in [0.5, 0.6) is 11.5 Å². The number of benzene rings is 3. The van der Waals surface area contributed by atoms with Gasteiger partial charge in [0.2, 0.25) is 0 Å². The Bertz CT molecular complexity index is 2180. The molecule has 2 N–H and O–H groups in total.